The zero-order valence-electron chi connectivity index (χ0n) is 10.1. The summed E-state index contributed by atoms with van der Waals surface area (Å²) in [5.41, 5.74) is 3.68. The molecule has 0 amide bonds. The Morgan fingerprint density at radius 2 is 1.22 bits per heavy atom. The highest BCUT2D eigenvalue weighted by Crippen LogP contribution is 2.33. The molecule has 18 heavy (non-hydrogen) atoms. The van der Waals surface area contributed by atoms with Crippen molar-refractivity contribution in [1.29, 1.82) is 0 Å². The first-order valence-corrected chi connectivity index (χ1v) is 7.55. The summed E-state index contributed by atoms with van der Waals surface area (Å²) in [6.07, 6.45) is 0. The Balaban J connectivity index is 2.60. The van der Waals surface area contributed by atoms with Crippen LogP contribution >= 0.6 is 31.9 Å². The lowest BCUT2D eigenvalue weighted by Crippen LogP contribution is -1.97. The third-order valence-electron chi connectivity index (χ3n) is 2.71. The maximum atomic E-state index is 3.71. The second kappa shape index (κ2) is 6.35. The average molecular weight is 366 g/mol. The molecular weight excluding hydrogens is 352 g/mol. The third kappa shape index (κ3) is 3.12. The molecule has 0 spiro atoms. The molecule has 0 aromatic heterocycles. The van der Waals surface area contributed by atoms with Crippen LogP contribution in [0, 0.1) is 0 Å². The molecule has 2 aromatic carbocycles. The predicted octanol–water partition coefficient (Wildman–Crippen LogP) is 5.62. The standard InChI is InChI=1S/C16H14Br2/c1-12(17)16(18)15(13-8-4-2-5-9-13)14-10-6-3-7-11-14/h2-12H,1H3. The molecular formula is C16H14Br2. The Morgan fingerprint density at radius 3 is 1.56 bits per heavy atom. The van der Waals surface area contributed by atoms with Gasteiger partial charge < -0.3 is 0 Å². The summed E-state index contributed by atoms with van der Waals surface area (Å²) < 4.78 is 1.17. The molecule has 0 fully saturated rings. The second-order valence-corrected chi connectivity index (χ2v) is 6.30. The van der Waals surface area contributed by atoms with E-state index in [1.54, 1.807) is 0 Å². The lowest BCUT2D eigenvalue weighted by Gasteiger charge is -2.13. The molecule has 0 saturated heterocycles. The van der Waals surface area contributed by atoms with Crippen molar-refractivity contribution in [2.45, 2.75) is 11.8 Å². The minimum atomic E-state index is 0.285. The Bertz CT molecular complexity index is 486. The number of allylic oxidation sites excluding steroid dienone is 1. The predicted molar refractivity (Wildman–Crippen MR) is 86.2 cm³/mol. The molecule has 0 aliphatic rings. The first-order valence-electron chi connectivity index (χ1n) is 5.84. The topological polar surface area (TPSA) is 0 Å². The van der Waals surface area contributed by atoms with Gasteiger partial charge in [-0.1, -0.05) is 92.5 Å². The fraction of sp³-hybridized carbons (Fsp3) is 0.125. The highest BCUT2D eigenvalue weighted by Gasteiger charge is 2.12. The van der Waals surface area contributed by atoms with Gasteiger partial charge in [0.15, 0.2) is 0 Å². The van der Waals surface area contributed by atoms with Gasteiger partial charge in [-0.25, -0.2) is 0 Å². The second-order valence-electron chi connectivity index (χ2n) is 4.07. The van der Waals surface area contributed by atoms with Crippen LogP contribution in [0.4, 0.5) is 0 Å². The van der Waals surface area contributed by atoms with Crippen LogP contribution in [0.1, 0.15) is 18.1 Å². The molecule has 0 aliphatic heterocycles. The third-order valence-corrected chi connectivity index (χ3v) is 4.87. The normalized spacial score (nSPS) is 11.9. The van der Waals surface area contributed by atoms with Gasteiger partial charge in [0.1, 0.15) is 0 Å². The zero-order chi connectivity index (χ0) is 13.0. The fourth-order valence-electron chi connectivity index (χ4n) is 1.85. The molecule has 2 aromatic rings. The van der Waals surface area contributed by atoms with Gasteiger partial charge in [-0.15, -0.1) is 0 Å². The van der Waals surface area contributed by atoms with E-state index in [1.807, 2.05) is 12.1 Å². The van der Waals surface area contributed by atoms with Crippen molar-refractivity contribution < 1.29 is 0 Å². The van der Waals surface area contributed by atoms with Crippen LogP contribution in [0.25, 0.3) is 5.57 Å². The van der Waals surface area contributed by atoms with Gasteiger partial charge in [-0.2, -0.15) is 0 Å². The smallest absolute Gasteiger partial charge is 0.0439 e. The number of hydrogen-bond donors (Lipinski definition) is 0. The van der Waals surface area contributed by atoms with Crippen LogP contribution < -0.4 is 0 Å². The van der Waals surface area contributed by atoms with Crippen molar-refractivity contribution >= 4 is 37.4 Å². The summed E-state index contributed by atoms with van der Waals surface area (Å²) in [7, 11) is 0. The molecule has 0 heterocycles. The maximum absolute atomic E-state index is 3.71. The van der Waals surface area contributed by atoms with Gasteiger partial charge in [0.2, 0.25) is 0 Å². The number of hydrogen-bond acceptors (Lipinski definition) is 0. The van der Waals surface area contributed by atoms with Crippen molar-refractivity contribution in [2.75, 3.05) is 0 Å². The highest BCUT2D eigenvalue weighted by molar-refractivity contribution is 9.14. The van der Waals surface area contributed by atoms with Crippen molar-refractivity contribution in [2.24, 2.45) is 0 Å². The van der Waals surface area contributed by atoms with E-state index in [0.29, 0.717) is 0 Å². The van der Waals surface area contributed by atoms with Crippen LogP contribution in [0.3, 0.4) is 0 Å². The lowest BCUT2D eigenvalue weighted by molar-refractivity contribution is 1.25. The van der Waals surface area contributed by atoms with Crippen molar-refractivity contribution in [3.05, 3.63) is 76.3 Å². The molecule has 0 radical (unpaired) electrons. The first-order chi connectivity index (χ1) is 8.70. The molecule has 0 saturated carbocycles. The van der Waals surface area contributed by atoms with Gasteiger partial charge in [-0.05, 0) is 18.1 Å². The van der Waals surface area contributed by atoms with E-state index in [-0.39, 0.29) is 4.83 Å². The minimum Gasteiger partial charge on any atom is -0.0836 e. The van der Waals surface area contributed by atoms with E-state index >= 15 is 0 Å². The molecule has 92 valence electrons. The van der Waals surface area contributed by atoms with E-state index in [1.165, 1.54) is 21.2 Å². The molecule has 1 unspecified atom stereocenters. The van der Waals surface area contributed by atoms with E-state index in [9.17, 15) is 0 Å². The van der Waals surface area contributed by atoms with Gasteiger partial charge in [-0.3, -0.25) is 0 Å². The van der Waals surface area contributed by atoms with Gasteiger partial charge in [0.25, 0.3) is 0 Å². The monoisotopic (exact) mass is 364 g/mol. The Labute approximate surface area is 125 Å². The quantitative estimate of drug-likeness (QED) is 0.619. The van der Waals surface area contributed by atoms with Crippen molar-refractivity contribution in [1.82, 2.24) is 0 Å². The van der Waals surface area contributed by atoms with E-state index in [0.717, 1.165) is 0 Å². The summed E-state index contributed by atoms with van der Waals surface area (Å²) in [4.78, 5) is 0.285. The summed E-state index contributed by atoms with van der Waals surface area (Å²) in [5.74, 6) is 0. The SMILES string of the molecule is CC(Br)C(Br)=C(c1ccccc1)c1ccccc1. The largest absolute Gasteiger partial charge is 0.0836 e. The molecule has 2 rings (SSSR count). The number of alkyl halides is 1. The Hall–Kier alpha value is -0.860. The van der Waals surface area contributed by atoms with Gasteiger partial charge >= 0.3 is 0 Å². The maximum Gasteiger partial charge on any atom is 0.0439 e. The minimum absolute atomic E-state index is 0.285. The molecule has 0 bridgehead atoms. The van der Waals surface area contributed by atoms with Crippen molar-refractivity contribution in [3.63, 3.8) is 0 Å². The van der Waals surface area contributed by atoms with Gasteiger partial charge in [0, 0.05) is 14.9 Å². The average Bonchev–Trinajstić information content (AvgIpc) is 2.41. The number of benzene rings is 2. The lowest BCUT2D eigenvalue weighted by atomic mass is 9.97. The van der Waals surface area contributed by atoms with Crippen LogP contribution in [-0.4, -0.2) is 4.83 Å². The summed E-state index contributed by atoms with van der Waals surface area (Å²) >= 11 is 7.35. The summed E-state index contributed by atoms with van der Waals surface area (Å²) in [5, 5.41) is 0. The van der Waals surface area contributed by atoms with E-state index in [4.69, 9.17) is 0 Å². The Morgan fingerprint density at radius 1 is 0.833 bits per heavy atom. The zero-order valence-corrected chi connectivity index (χ0v) is 13.3. The van der Waals surface area contributed by atoms with Crippen molar-refractivity contribution in [3.8, 4) is 0 Å². The van der Waals surface area contributed by atoms with Crippen LogP contribution in [-0.2, 0) is 0 Å². The first kappa shape index (κ1) is 13.6. The summed E-state index contributed by atoms with van der Waals surface area (Å²) in [6.45, 7) is 2.12. The highest BCUT2D eigenvalue weighted by atomic mass is 79.9. The molecule has 0 nitrogen and oxygen atoms in total. The Kier molecular flexibility index (Phi) is 4.79. The van der Waals surface area contributed by atoms with E-state index < -0.39 is 0 Å². The van der Waals surface area contributed by atoms with Gasteiger partial charge in [0.05, 0.1) is 0 Å². The van der Waals surface area contributed by atoms with Crippen LogP contribution in [0.2, 0.25) is 0 Å². The molecule has 0 N–H and O–H groups in total. The molecule has 2 heteroatoms. The van der Waals surface area contributed by atoms with Crippen LogP contribution in [0.15, 0.2) is 65.1 Å². The fourth-order valence-corrected chi connectivity index (χ4v) is 2.54. The van der Waals surface area contributed by atoms with E-state index in [2.05, 4.69) is 87.3 Å². The number of halogens is 2. The molecule has 0 aliphatic carbocycles. The van der Waals surface area contributed by atoms with Crippen LogP contribution in [0.5, 0.6) is 0 Å². The molecule has 1 atom stereocenters. The number of rotatable bonds is 3. The summed E-state index contributed by atoms with van der Waals surface area (Å²) in [6, 6.07) is 20.9.